The lowest BCUT2D eigenvalue weighted by molar-refractivity contribution is 0.0702. The summed E-state index contributed by atoms with van der Waals surface area (Å²) in [5, 5.41) is 0. The summed E-state index contributed by atoms with van der Waals surface area (Å²) in [5.41, 5.74) is 0.123. The second-order valence-corrected chi connectivity index (χ2v) is 7.89. The molecule has 1 aliphatic carbocycles. The van der Waals surface area contributed by atoms with Crippen molar-refractivity contribution in [3.8, 4) is 0 Å². The van der Waals surface area contributed by atoms with Gasteiger partial charge in [-0.2, -0.15) is 0 Å². The van der Waals surface area contributed by atoms with Crippen LogP contribution in [-0.2, 0) is 0 Å². The molecule has 2 rings (SSSR count). The first-order valence-corrected chi connectivity index (χ1v) is 7.89. The average molecular weight is 336 g/mol. The van der Waals surface area contributed by atoms with Crippen LogP contribution in [0.25, 0.3) is 0 Å². The zero-order valence-corrected chi connectivity index (χ0v) is 13.2. The molecule has 0 saturated heterocycles. The van der Waals surface area contributed by atoms with Gasteiger partial charge in [0.15, 0.2) is 5.78 Å². The molecule has 1 heterocycles. The van der Waals surface area contributed by atoms with E-state index >= 15 is 0 Å². The Morgan fingerprint density at radius 1 is 1.53 bits per heavy atom. The fourth-order valence-electron chi connectivity index (χ4n) is 2.62. The zero-order chi connectivity index (χ0) is 12.6. The van der Waals surface area contributed by atoms with E-state index in [9.17, 15) is 4.79 Å². The van der Waals surface area contributed by atoms with E-state index in [4.69, 9.17) is 11.6 Å². The summed E-state index contributed by atoms with van der Waals surface area (Å²) in [7, 11) is 0. The summed E-state index contributed by atoms with van der Waals surface area (Å²) in [6.45, 7) is 4.41. The number of rotatable bonds is 2. The smallest absolute Gasteiger partial charge is 0.176 e. The lowest BCUT2D eigenvalue weighted by Gasteiger charge is -2.37. The van der Waals surface area contributed by atoms with Crippen molar-refractivity contribution < 1.29 is 4.79 Å². The van der Waals surface area contributed by atoms with Crippen molar-refractivity contribution in [2.45, 2.75) is 39.5 Å². The maximum absolute atomic E-state index is 12.5. The van der Waals surface area contributed by atoms with Crippen LogP contribution in [-0.4, -0.2) is 5.78 Å². The fourth-order valence-corrected chi connectivity index (χ4v) is 4.32. The Bertz CT molecular complexity index is 419. The second kappa shape index (κ2) is 5.02. The topological polar surface area (TPSA) is 17.1 Å². The van der Waals surface area contributed by atoms with Crippen LogP contribution in [0.15, 0.2) is 10.5 Å². The maximum atomic E-state index is 12.5. The molecular weight excluding hydrogens is 320 g/mol. The van der Waals surface area contributed by atoms with E-state index in [0.717, 1.165) is 22.2 Å². The standard InChI is InChI=1S/C13H16BrClOS/c1-13(2)6-4-3-5-8(13)11(16)10-7-9(14)12(15)17-10/h7-8H,3-6H2,1-2H3. The summed E-state index contributed by atoms with van der Waals surface area (Å²) in [6, 6.07) is 1.86. The van der Waals surface area contributed by atoms with Crippen molar-refractivity contribution in [2.24, 2.45) is 11.3 Å². The van der Waals surface area contributed by atoms with Gasteiger partial charge in [0.1, 0.15) is 4.34 Å². The molecule has 0 aliphatic heterocycles. The van der Waals surface area contributed by atoms with Gasteiger partial charge >= 0.3 is 0 Å². The van der Waals surface area contributed by atoms with Gasteiger partial charge in [-0.1, -0.05) is 38.3 Å². The number of halogens is 2. The highest BCUT2D eigenvalue weighted by atomic mass is 79.9. The van der Waals surface area contributed by atoms with Crippen molar-refractivity contribution in [3.05, 3.63) is 19.8 Å². The molecule has 0 spiro atoms. The third-order valence-electron chi connectivity index (χ3n) is 3.71. The largest absolute Gasteiger partial charge is 0.293 e. The Hall–Kier alpha value is 0.140. The molecule has 1 aromatic rings. The number of carbonyl (C=O) groups is 1. The molecule has 4 heteroatoms. The quantitative estimate of drug-likeness (QED) is 0.646. The number of carbonyl (C=O) groups excluding carboxylic acids is 1. The summed E-state index contributed by atoms with van der Waals surface area (Å²) in [6.07, 6.45) is 4.56. The zero-order valence-electron chi connectivity index (χ0n) is 10.1. The molecule has 1 atom stereocenters. The minimum absolute atomic E-state index is 0.123. The first-order valence-electron chi connectivity index (χ1n) is 5.91. The Morgan fingerprint density at radius 2 is 2.24 bits per heavy atom. The van der Waals surface area contributed by atoms with Gasteiger partial charge in [-0.05, 0) is 40.3 Å². The van der Waals surface area contributed by atoms with E-state index in [2.05, 4.69) is 29.8 Å². The summed E-state index contributed by atoms with van der Waals surface area (Å²) in [4.78, 5) is 13.3. The van der Waals surface area contributed by atoms with Crippen LogP contribution in [0.5, 0.6) is 0 Å². The number of hydrogen-bond acceptors (Lipinski definition) is 2. The van der Waals surface area contributed by atoms with Crippen molar-refractivity contribution >= 4 is 44.7 Å². The maximum Gasteiger partial charge on any atom is 0.176 e. The first-order chi connectivity index (χ1) is 7.92. The summed E-state index contributed by atoms with van der Waals surface area (Å²) in [5.74, 6) is 0.421. The van der Waals surface area contributed by atoms with Crippen LogP contribution in [0.4, 0.5) is 0 Å². The molecule has 0 amide bonds. The highest BCUT2D eigenvalue weighted by Crippen LogP contribution is 2.44. The van der Waals surface area contributed by atoms with Crippen LogP contribution in [0.3, 0.4) is 0 Å². The minimum Gasteiger partial charge on any atom is -0.293 e. The molecule has 1 aromatic heterocycles. The molecular formula is C13H16BrClOS. The normalized spacial score (nSPS) is 23.6. The van der Waals surface area contributed by atoms with E-state index in [-0.39, 0.29) is 17.1 Å². The molecule has 17 heavy (non-hydrogen) atoms. The van der Waals surface area contributed by atoms with Crippen LogP contribution in [0.1, 0.15) is 49.2 Å². The van der Waals surface area contributed by atoms with Gasteiger partial charge in [0.2, 0.25) is 0 Å². The summed E-state index contributed by atoms with van der Waals surface area (Å²) >= 11 is 10.8. The summed E-state index contributed by atoms with van der Waals surface area (Å²) < 4.78 is 1.50. The van der Waals surface area contributed by atoms with Gasteiger partial charge in [-0.3, -0.25) is 4.79 Å². The highest BCUT2D eigenvalue weighted by Gasteiger charge is 2.38. The van der Waals surface area contributed by atoms with Crippen LogP contribution < -0.4 is 0 Å². The lowest BCUT2D eigenvalue weighted by atomic mass is 9.67. The third kappa shape index (κ3) is 2.77. The predicted molar refractivity (Wildman–Crippen MR) is 77.1 cm³/mol. The molecule has 1 saturated carbocycles. The lowest BCUT2D eigenvalue weighted by Crippen LogP contribution is -2.33. The Labute approximate surface area is 120 Å². The molecule has 1 fully saturated rings. The minimum atomic E-state index is 0.123. The molecule has 94 valence electrons. The van der Waals surface area contributed by atoms with E-state index in [0.29, 0.717) is 4.34 Å². The van der Waals surface area contributed by atoms with E-state index < -0.39 is 0 Å². The average Bonchev–Trinajstić information content (AvgIpc) is 2.58. The predicted octanol–water partition coefficient (Wildman–Crippen LogP) is 5.56. The fraction of sp³-hybridized carbons (Fsp3) is 0.615. The monoisotopic (exact) mass is 334 g/mol. The Balaban J connectivity index is 2.24. The van der Waals surface area contributed by atoms with Crippen LogP contribution in [0.2, 0.25) is 4.34 Å². The first kappa shape index (κ1) is 13.6. The van der Waals surface area contributed by atoms with Crippen molar-refractivity contribution in [2.75, 3.05) is 0 Å². The van der Waals surface area contributed by atoms with E-state index in [1.807, 2.05) is 6.07 Å². The Morgan fingerprint density at radius 3 is 2.76 bits per heavy atom. The molecule has 0 N–H and O–H groups in total. The molecule has 0 bridgehead atoms. The number of thiophene rings is 1. The van der Waals surface area contributed by atoms with Crippen LogP contribution in [0, 0.1) is 11.3 Å². The van der Waals surface area contributed by atoms with Gasteiger partial charge in [-0.25, -0.2) is 0 Å². The van der Waals surface area contributed by atoms with Gasteiger partial charge in [0.05, 0.1) is 4.88 Å². The molecule has 1 nitrogen and oxygen atoms in total. The number of hydrogen-bond donors (Lipinski definition) is 0. The van der Waals surface area contributed by atoms with E-state index in [1.165, 1.54) is 24.2 Å². The SMILES string of the molecule is CC1(C)CCCCC1C(=O)c1cc(Br)c(Cl)s1. The van der Waals surface area contributed by atoms with Gasteiger partial charge in [-0.15, -0.1) is 11.3 Å². The van der Waals surface area contributed by atoms with Gasteiger partial charge in [0, 0.05) is 10.4 Å². The molecule has 0 radical (unpaired) electrons. The molecule has 0 aromatic carbocycles. The van der Waals surface area contributed by atoms with Crippen molar-refractivity contribution in [3.63, 3.8) is 0 Å². The Kier molecular flexibility index (Phi) is 4.01. The molecule has 1 aliphatic rings. The second-order valence-electron chi connectivity index (χ2n) is 5.38. The number of Topliss-reactive ketones (excluding diaryl/α,β-unsaturated/α-hetero) is 1. The van der Waals surface area contributed by atoms with Crippen molar-refractivity contribution in [1.29, 1.82) is 0 Å². The van der Waals surface area contributed by atoms with Crippen LogP contribution >= 0.6 is 38.9 Å². The third-order valence-corrected chi connectivity index (χ3v) is 6.20. The van der Waals surface area contributed by atoms with E-state index in [1.54, 1.807) is 0 Å². The van der Waals surface area contributed by atoms with Gasteiger partial charge in [0.25, 0.3) is 0 Å². The highest BCUT2D eigenvalue weighted by molar-refractivity contribution is 9.10. The van der Waals surface area contributed by atoms with Crippen molar-refractivity contribution in [1.82, 2.24) is 0 Å². The molecule has 1 unspecified atom stereocenters. The number of ketones is 1. The van der Waals surface area contributed by atoms with Gasteiger partial charge < -0.3 is 0 Å².